The fraction of sp³-hybridized carbons (Fsp3) is 0.143. The lowest BCUT2D eigenvalue weighted by Gasteiger charge is -2.04. The van der Waals surface area contributed by atoms with Crippen molar-refractivity contribution in [1.29, 1.82) is 0 Å². The molecule has 0 saturated carbocycles. The predicted octanol–water partition coefficient (Wildman–Crippen LogP) is 2.68. The van der Waals surface area contributed by atoms with E-state index in [1.807, 2.05) is 0 Å². The molecule has 1 rings (SSSR count). The summed E-state index contributed by atoms with van der Waals surface area (Å²) >= 11 is 0. The molecule has 0 aromatic carbocycles. The maximum atomic E-state index is 11.9. The first-order valence-corrected chi connectivity index (χ1v) is 5.43. The van der Waals surface area contributed by atoms with E-state index in [0.717, 1.165) is 0 Å². The summed E-state index contributed by atoms with van der Waals surface area (Å²) in [6.07, 6.45) is 8.09. The summed E-state index contributed by atoms with van der Waals surface area (Å²) in [6, 6.07) is 3.43. The molecule has 0 atom stereocenters. The van der Waals surface area contributed by atoms with E-state index in [-0.39, 0.29) is 5.91 Å². The number of aromatic nitrogens is 1. The van der Waals surface area contributed by atoms with E-state index in [4.69, 9.17) is 4.74 Å². The number of carbonyl (C=O) groups is 1. The van der Waals surface area contributed by atoms with Crippen LogP contribution in [0.3, 0.4) is 0 Å². The van der Waals surface area contributed by atoms with E-state index in [1.54, 1.807) is 50.7 Å². The zero-order valence-electron chi connectivity index (χ0n) is 10.5. The summed E-state index contributed by atoms with van der Waals surface area (Å²) in [6.45, 7) is 5.42. The second kappa shape index (κ2) is 7.06. The normalized spacial score (nSPS) is 11.9. The van der Waals surface area contributed by atoms with Crippen LogP contribution in [0.2, 0.25) is 0 Å². The highest BCUT2D eigenvalue weighted by Crippen LogP contribution is 2.07. The van der Waals surface area contributed by atoms with Gasteiger partial charge in [0.2, 0.25) is 0 Å². The van der Waals surface area contributed by atoms with Gasteiger partial charge in [0.05, 0.1) is 12.9 Å². The summed E-state index contributed by atoms with van der Waals surface area (Å²) in [5.41, 5.74) is 1.15. The Kier molecular flexibility index (Phi) is 5.38. The van der Waals surface area contributed by atoms with Crippen LogP contribution in [0.1, 0.15) is 6.92 Å². The van der Waals surface area contributed by atoms with E-state index in [0.29, 0.717) is 17.0 Å². The summed E-state index contributed by atoms with van der Waals surface area (Å²) in [4.78, 5) is 15.8. The van der Waals surface area contributed by atoms with Gasteiger partial charge in [0.15, 0.2) is 0 Å². The van der Waals surface area contributed by atoms with E-state index in [1.165, 1.54) is 6.08 Å². The minimum absolute atomic E-state index is 0.226. The van der Waals surface area contributed by atoms with Crippen LogP contribution in [0.5, 0.6) is 0 Å². The highest BCUT2D eigenvalue weighted by atomic mass is 16.5. The van der Waals surface area contributed by atoms with Crippen LogP contribution in [-0.4, -0.2) is 18.0 Å². The second-order valence-electron chi connectivity index (χ2n) is 3.50. The highest BCUT2D eigenvalue weighted by Gasteiger charge is 2.05. The van der Waals surface area contributed by atoms with Crippen LogP contribution < -0.4 is 5.32 Å². The fourth-order valence-corrected chi connectivity index (χ4v) is 1.15. The Morgan fingerprint density at radius 2 is 2.06 bits per heavy atom. The van der Waals surface area contributed by atoms with Gasteiger partial charge in [-0.1, -0.05) is 12.7 Å². The lowest BCUT2D eigenvalue weighted by molar-refractivity contribution is -0.112. The summed E-state index contributed by atoms with van der Waals surface area (Å²) in [5.74, 6) is 0.488. The van der Waals surface area contributed by atoms with Crippen LogP contribution in [0.4, 0.5) is 5.69 Å². The average Bonchev–Trinajstić information content (AvgIpc) is 2.40. The Bertz CT molecular complexity index is 476. The third-order valence-electron chi connectivity index (χ3n) is 2.24. The number of ether oxygens (including phenoxy) is 1. The lowest BCUT2D eigenvalue weighted by atomic mass is 10.2. The van der Waals surface area contributed by atoms with E-state index >= 15 is 0 Å². The molecular weight excluding hydrogens is 228 g/mol. The standard InChI is InChI=1S/C14H16N2O2/c1-4-12(6-5-11(2)18-3)14(17)16-13-7-9-15-10-8-13/h4-10H,1H2,2-3H3,(H,15,16,17)/b11-5+,12-6+. The van der Waals surface area contributed by atoms with Crippen molar-refractivity contribution in [1.82, 2.24) is 4.98 Å². The van der Waals surface area contributed by atoms with Gasteiger partial charge in [0.25, 0.3) is 5.91 Å². The number of amides is 1. The van der Waals surface area contributed by atoms with Crippen molar-refractivity contribution in [3.05, 3.63) is 60.7 Å². The van der Waals surface area contributed by atoms with Crippen LogP contribution in [0.25, 0.3) is 0 Å². The molecule has 1 amide bonds. The first-order chi connectivity index (χ1) is 8.67. The number of allylic oxidation sites excluding steroid dienone is 3. The van der Waals surface area contributed by atoms with Crippen LogP contribution in [-0.2, 0) is 9.53 Å². The monoisotopic (exact) mass is 244 g/mol. The SMILES string of the molecule is C=C/C(=C\C=C(/C)OC)C(=O)Nc1ccncc1. The smallest absolute Gasteiger partial charge is 0.255 e. The van der Waals surface area contributed by atoms with Crippen molar-refractivity contribution in [2.24, 2.45) is 0 Å². The van der Waals surface area contributed by atoms with Gasteiger partial charge in [-0.3, -0.25) is 9.78 Å². The van der Waals surface area contributed by atoms with E-state index in [2.05, 4.69) is 16.9 Å². The van der Waals surface area contributed by atoms with Crippen molar-refractivity contribution < 1.29 is 9.53 Å². The first-order valence-electron chi connectivity index (χ1n) is 5.43. The maximum absolute atomic E-state index is 11.9. The number of rotatable bonds is 5. The molecule has 0 bridgehead atoms. The van der Waals surface area contributed by atoms with Gasteiger partial charge in [0, 0.05) is 23.7 Å². The molecule has 1 N–H and O–H groups in total. The molecule has 4 nitrogen and oxygen atoms in total. The quantitative estimate of drug-likeness (QED) is 0.492. The molecule has 4 heteroatoms. The second-order valence-corrected chi connectivity index (χ2v) is 3.50. The van der Waals surface area contributed by atoms with Crippen LogP contribution >= 0.6 is 0 Å². The molecule has 94 valence electrons. The number of carbonyl (C=O) groups excluding carboxylic acids is 1. The molecular formula is C14H16N2O2. The van der Waals surface area contributed by atoms with Crippen molar-refractivity contribution in [3.8, 4) is 0 Å². The average molecular weight is 244 g/mol. The highest BCUT2D eigenvalue weighted by molar-refractivity contribution is 6.05. The zero-order chi connectivity index (χ0) is 13.4. The molecule has 0 saturated heterocycles. The van der Waals surface area contributed by atoms with Crippen LogP contribution in [0.15, 0.2) is 60.7 Å². The van der Waals surface area contributed by atoms with E-state index < -0.39 is 0 Å². The largest absolute Gasteiger partial charge is 0.501 e. The molecule has 0 fully saturated rings. The Morgan fingerprint density at radius 3 is 2.61 bits per heavy atom. The zero-order valence-corrected chi connectivity index (χ0v) is 10.5. The van der Waals surface area contributed by atoms with Gasteiger partial charge in [-0.2, -0.15) is 0 Å². The lowest BCUT2D eigenvalue weighted by Crippen LogP contribution is -2.13. The molecule has 0 aliphatic carbocycles. The van der Waals surface area contributed by atoms with Gasteiger partial charge < -0.3 is 10.1 Å². The Labute approximate surface area is 107 Å². The van der Waals surface area contributed by atoms with Gasteiger partial charge in [0.1, 0.15) is 0 Å². The van der Waals surface area contributed by atoms with Crippen molar-refractivity contribution in [3.63, 3.8) is 0 Å². The fourth-order valence-electron chi connectivity index (χ4n) is 1.15. The van der Waals surface area contributed by atoms with E-state index in [9.17, 15) is 4.79 Å². The maximum Gasteiger partial charge on any atom is 0.255 e. The van der Waals surface area contributed by atoms with Gasteiger partial charge >= 0.3 is 0 Å². The number of hydrogen-bond donors (Lipinski definition) is 1. The molecule has 0 aliphatic rings. The van der Waals surface area contributed by atoms with Gasteiger partial charge in [-0.05, 0) is 31.2 Å². The molecule has 1 heterocycles. The number of nitrogens with one attached hydrogen (secondary N) is 1. The number of pyridine rings is 1. The predicted molar refractivity (Wildman–Crippen MR) is 71.9 cm³/mol. The molecule has 0 spiro atoms. The Balaban J connectivity index is 2.78. The number of nitrogens with zero attached hydrogens (tertiary/aromatic N) is 1. The van der Waals surface area contributed by atoms with Crippen molar-refractivity contribution in [2.75, 3.05) is 12.4 Å². The first kappa shape index (κ1) is 13.7. The van der Waals surface area contributed by atoms with Crippen molar-refractivity contribution >= 4 is 11.6 Å². The summed E-state index contributed by atoms with van der Waals surface area (Å²) < 4.78 is 4.99. The molecule has 0 unspecified atom stereocenters. The molecule has 1 aromatic rings. The topological polar surface area (TPSA) is 51.2 Å². The Hall–Kier alpha value is -2.36. The minimum Gasteiger partial charge on any atom is -0.501 e. The van der Waals surface area contributed by atoms with Gasteiger partial charge in [-0.15, -0.1) is 0 Å². The molecule has 0 radical (unpaired) electrons. The number of anilines is 1. The molecule has 0 aliphatic heterocycles. The third-order valence-corrected chi connectivity index (χ3v) is 2.24. The number of methoxy groups -OCH3 is 1. The third kappa shape index (κ3) is 4.25. The van der Waals surface area contributed by atoms with Crippen LogP contribution in [0, 0.1) is 0 Å². The minimum atomic E-state index is -0.226. The molecule has 1 aromatic heterocycles. The Morgan fingerprint density at radius 1 is 1.39 bits per heavy atom. The summed E-state index contributed by atoms with van der Waals surface area (Å²) in [5, 5.41) is 2.75. The molecule has 18 heavy (non-hydrogen) atoms. The number of hydrogen-bond acceptors (Lipinski definition) is 3. The van der Waals surface area contributed by atoms with Gasteiger partial charge in [-0.25, -0.2) is 0 Å². The van der Waals surface area contributed by atoms with Crippen molar-refractivity contribution in [2.45, 2.75) is 6.92 Å². The summed E-state index contributed by atoms with van der Waals surface area (Å²) in [7, 11) is 1.57.